The van der Waals surface area contributed by atoms with Crippen molar-refractivity contribution in [1.29, 1.82) is 0 Å². The SMILES string of the molecule is CCCCCCCC/C=C\CCCCCCCC(=O)OC[C@H](Cc1cncn1C)[C@H](CC)C(=O)N1CCN=C1Nc1c(Cl)cccc1Cl. The average molecular weight is 703 g/mol. The first-order valence-corrected chi connectivity index (χ1v) is 18.9. The second-order valence-electron chi connectivity index (χ2n) is 12.9. The van der Waals surface area contributed by atoms with Crippen LogP contribution in [0.4, 0.5) is 5.69 Å². The largest absolute Gasteiger partial charge is 0.465 e. The lowest BCUT2D eigenvalue weighted by molar-refractivity contribution is -0.148. The number of hydrogen-bond donors (Lipinski definition) is 1. The van der Waals surface area contributed by atoms with Crippen LogP contribution in [0.15, 0.2) is 47.9 Å². The number of hydrogen-bond acceptors (Lipinski definition) is 6. The Labute approximate surface area is 298 Å². The van der Waals surface area contributed by atoms with Crippen LogP contribution in [0, 0.1) is 11.8 Å². The maximum absolute atomic E-state index is 14.0. The van der Waals surface area contributed by atoms with Crippen molar-refractivity contribution < 1.29 is 14.3 Å². The van der Waals surface area contributed by atoms with Crippen molar-refractivity contribution in [3.05, 3.63) is 58.6 Å². The summed E-state index contributed by atoms with van der Waals surface area (Å²) < 4.78 is 7.78. The van der Waals surface area contributed by atoms with Crippen molar-refractivity contribution in [3.63, 3.8) is 0 Å². The third kappa shape index (κ3) is 13.6. The Kier molecular flexibility index (Phi) is 18.7. The van der Waals surface area contributed by atoms with Crippen LogP contribution in [0.2, 0.25) is 10.0 Å². The highest BCUT2D eigenvalue weighted by atomic mass is 35.5. The van der Waals surface area contributed by atoms with Crippen LogP contribution in [-0.4, -0.2) is 52.0 Å². The van der Waals surface area contributed by atoms with Gasteiger partial charge >= 0.3 is 5.97 Å². The summed E-state index contributed by atoms with van der Waals surface area (Å²) in [6.45, 7) is 5.35. The number of carbonyl (C=O) groups excluding carboxylic acids is 2. The summed E-state index contributed by atoms with van der Waals surface area (Å²) >= 11 is 12.8. The van der Waals surface area contributed by atoms with Gasteiger partial charge in [0, 0.05) is 43.7 Å². The van der Waals surface area contributed by atoms with Gasteiger partial charge in [0.15, 0.2) is 0 Å². The average Bonchev–Trinajstić information content (AvgIpc) is 3.72. The van der Waals surface area contributed by atoms with Crippen molar-refractivity contribution in [2.24, 2.45) is 23.9 Å². The van der Waals surface area contributed by atoms with Crippen LogP contribution < -0.4 is 5.32 Å². The summed E-state index contributed by atoms with van der Waals surface area (Å²) in [4.78, 5) is 37.3. The molecule has 10 heteroatoms. The smallest absolute Gasteiger partial charge is 0.305 e. The minimum absolute atomic E-state index is 0.0649. The molecule has 2 heterocycles. The van der Waals surface area contributed by atoms with E-state index in [1.54, 1.807) is 35.6 Å². The molecule has 1 N–H and O–H groups in total. The fourth-order valence-corrected chi connectivity index (χ4v) is 6.68. The van der Waals surface area contributed by atoms with Gasteiger partial charge in [0.25, 0.3) is 0 Å². The number of aromatic nitrogens is 2. The second kappa shape index (κ2) is 22.7. The van der Waals surface area contributed by atoms with E-state index in [9.17, 15) is 9.59 Å². The zero-order valence-electron chi connectivity index (χ0n) is 29.4. The number of allylic oxidation sites excluding steroid dienone is 2. The van der Waals surface area contributed by atoms with E-state index in [0.717, 1.165) is 31.4 Å². The van der Waals surface area contributed by atoms with Crippen LogP contribution in [-0.2, 0) is 27.8 Å². The molecule has 48 heavy (non-hydrogen) atoms. The van der Waals surface area contributed by atoms with E-state index < -0.39 is 0 Å². The molecule has 1 aromatic heterocycles. The van der Waals surface area contributed by atoms with Gasteiger partial charge in [0.05, 0.1) is 35.2 Å². The molecule has 0 spiro atoms. The summed E-state index contributed by atoms with van der Waals surface area (Å²) in [6, 6.07) is 5.24. The maximum Gasteiger partial charge on any atom is 0.305 e. The number of amides is 1. The number of para-hydroxylation sites is 1. The van der Waals surface area contributed by atoms with Crippen molar-refractivity contribution in [2.75, 3.05) is 25.0 Å². The lowest BCUT2D eigenvalue weighted by Crippen LogP contribution is -2.45. The Morgan fingerprint density at radius 3 is 2.23 bits per heavy atom. The molecular weight excluding hydrogens is 645 g/mol. The molecule has 2 atom stereocenters. The zero-order chi connectivity index (χ0) is 34.6. The standard InChI is InChI=1S/C38H57Cl2N5O3/c1-4-6-7-8-9-10-11-12-13-14-15-16-17-18-19-23-35(46)48-28-30(26-31-27-41-29-44(31)3)32(5-2)37(47)45-25-24-42-38(45)43-36-33(39)21-20-22-34(36)40/h12-13,20-22,27,29-30,32H,4-11,14-19,23-26,28H2,1-3H3,(H,42,43)/b13-12-/t30-,32-/m0/s1. The molecule has 0 unspecified atom stereocenters. The molecule has 266 valence electrons. The molecule has 1 amide bonds. The van der Waals surface area contributed by atoms with E-state index >= 15 is 0 Å². The van der Waals surface area contributed by atoms with Gasteiger partial charge in [-0.3, -0.25) is 19.5 Å². The molecule has 2 aromatic rings. The fraction of sp³-hybridized carbons (Fsp3) is 0.632. The maximum atomic E-state index is 14.0. The van der Waals surface area contributed by atoms with Crippen molar-refractivity contribution >= 4 is 46.7 Å². The molecular formula is C38H57Cl2N5O3. The summed E-state index contributed by atoms with van der Waals surface area (Å²) in [6.07, 6.45) is 25.5. The van der Waals surface area contributed by atoms with Gasteiger partial charge in [-0.1, -0.05) is 107 Å². The van der Waals surface area contributed by atoms with Crippen LogP contribution in [0.25, 0.3) is 0 Å². The lowest BCUT2D eigenvalue weighted by atomic mass is 9.85. The van der Waals surface area contributed by atoms with Gasteiger partial charge in [-0.05, 0) is 57.1 Å². The van der Waals surface area contributed by atoms with Crippen molar-refractivity contribution in [1.82, 2.24) is 14.5 Å². The number of esters is 1. The van der Waals surface area contributed by atoms with Gasteiger partial charge < -0.3 is 14.6 Å². The first-order chi connectivity index (χ1) is 23.3. The number of guanidine groups is 1. The quantitative estimate of drug-likeness (QED) is 0.0708. The molecule has 1 aromatic carbocycles. The number of benzene rings is 1. The number of nitrogens with one attached hydrogen (secondary N) is 1. The lowest BCUT2D eigenvalue weighted by Gasteiger charge is -2.30. The first-order valence-electron chi connectivity index (χ1n) is 18.2. The number of nitrogens with zero attached hydrogens (tertiary/aromatic N) is 4. The number of unbranched alkanes of at least 4 members (excludes halogenated alkanes) is 11. The summed E-state index contributed by atoms with van der Waals surface area (Å²) in [5, 5.41) is 4.08. The highest BCUT2D eigenvalue weighted by molar-refractivity contribution is 6.39. The van der Waals surface area contributed by atoms with E-state index in [0.29, 0.717) is 54.0 Å². The van der Waals surface area contributed by atoms with Crippen molar-refractivity contribution in [2.45, 2.75) is 117 Å². The molecule has 1 aliphatic rings. The zero-order valence-corrected chi connectivity index (χ0v) is 30.9. The molecule has 8 nitrogen and oxygen atoms in total. The Bertz CT molecular complexity index is 1290. The van der Waals surface area contributed by atoms with Crippen LogP contribution >= 0.6 is 23.2 Å². The summed E-state index contributed by atoms with van der Waals surface area (Å²) in [5.41, 5.74) is 1.50. The van der Waals surface area contributed by atoms with E-state index in [4.69, 9.17) is 27.9 Å². The van der Waals surface area contributed by atoms with Gasteiger partial charge in [0.2, 0.25) is 11.9 Å². The van der Waals surface area contributed by atoms with Gasteiger partial charge in [-0.25, -0.2) is 4.98 Å². The number of ether oxygens (including phenoxy) is 1. The minimum Gasteiger partial charge on any atom is -0.465 e. The Morgan fingerprint density at radius 2 is 1.60 bits per heavy atom. The predicted octanol–water partition coefficient (Wildman–Crippen LogP) is 9.80. The minimum atomic E-state index is -0.389. The number of aliphatic imine (C=N–C) groups is 1. The number of anilines is 1. The van der Waals surface area contributed by atoms with Crippen LogP contribution in [0.3, 0.4) is 0 Å². The van der Waals surface area contributed by atoms with E-state index in [1.165, 1.54) is 57.8 Å². The molecule has 0 bridgehead atoms. The van der Waals surface area contributed by atoms with Gasteiger partial charge in [-0.15, -0.1) is 0 Å². The Hall–Kier alpha value is -2.84. The fourth-order valence-electron chi connectivity index (χ4n) is 6.19. The summed E-state index contributed by atoms with van der Waals surface area (Å²) in [5.74, 6) is -0.455. The molecule has 0 radical (unpaired) electrons. The highest BCUT2D eigenvalue weighted by Gasteiger charge is 2.35. The number of carbonyl (C=O) groups is 2. The molecule has 0 saturated carbocycles. The van der Waals surface area contributed by atoms with E-state index in [2.05, 4.69) is 34.4 Å². The van der Waals surface area contributed by atoms with Gasteiger partial charge in [-0.2, -0.15) is 0 Å². The Morgan fingerprint density at radius 1 is 0.958 bits per heavy atom. The van der Waals surface area contributed by atoms with Gasteiger partial charge in [0.1, 0.15) is 0 Å². The predicted molar refractivity (Wildman–Crippen MR) is 199 cm³/mol. The first kappa shape index (κ1) is 39.6. The molecule has 3 rings (SSSR count). The number of imidazole rings is 1. The molecule has 0 fully saturated rings. The monoisotopic (exact) mass is 701 g/mol. The highest BCUT2D eigenvalue weighted by Crippen LogP contribution is 2.31. The molecule has 0 aliphatic carbocycles. The summed E-state index contributed by atoms with van der Waals surface area (Å²) in [7, 11) is 1.93. The second-order valence-corrected chi connectivity index (χ2v) is 13.7. The Balaban J connectivity index is 1.44. The number of halogens is 2. The number of rotatable bonds is 23. The van der Waals surface area contributed by atoms with Crippen LogP contribution in [0.1, 0.15) is 116 Å². The molecule has 1 aliphatic heterocycles. The topological polar surface area (TPSA) is 88.8 Å². The van der Waals surface area contributed by atoms with E-state index in [-0.39, 0.29) is 30.3 Å². The molecule has 0 saturated heterocycles. The normalized spacial score (nSPS) is 14.4. The van der Waals surface area contributed by atoms with Crippen LogP contribution in [0.5, 0.6) is 0 Å². The van der Waals surface area contributed by atoms with Crippen molar-refractivity contribution in [3.8, 4) is 0 Å². The van der Waals surface area contributed by atoms with E-state index in [1.807, 2.05) is 18.5 Å². The third-order valence-corrected chi connectivity index (χ3v) is 9.75. The third-order valence-electron chi connectivity index (χ3n) is 9.12. The number of aryl methyl sites for hydroxylation is 1.